The van der Waals surface area contributed by atoms with Gasteiger partial charge in [-0.25, -0.2) is 0 Å². The van der Waals surface area contributed by atoms with Crippen LogP contribution in [-0.4, -0.2) is 18.0 Å². The molecule has 0 heterocycles. The van der Waals surface area contributed by atoms with Crippen molar-refractivity contribution >= 4 is 5.91 Å². The van der Waals surface area contributed by atoms with Crippen LogP contribution >= 0.6 is 0 Å². The van der Waals surface area contributed by atoms with Crippen LogP contribution in [0.4, 0.5) is 0 Å². The van der Waals surface area contributed by atoms with E-state index in [1.807, 2.05) is 30.3 Å². The topological polar surface area (TPSA) is 55.1 Å². The Morgan fingerprint density at radius 2 is 2.17 bits per heavy atom. The molecule has 1 fully saturated rings. The predicted octanol–water partition coefficient (Wildman–Crippen LogP) is 1.86. The van der Waals surface area contributed by atoms with Gasteiger partial charge in [0.05, 0.1) is 6.04 Å². The van der Waals surface area contributed by atoms with Crippen LogP contribution in [0.1, 0.15) is 31.7 Å². The number of amides is 1. The molecule has 1 aliphatic rings. The highest BCUT2D eigenvalue weighted by molar-refractivity contribution is 5.82. The number of hydrogen-bond acceptors (Lipinski definition) is 2. The highest BCUT2D eigenvalue weighted by Crippen LogP contribution is 2.34. The summed E-state index contributed by atoms with van der Waals surface area (Å²) in [5.41, 5.74) is 7.04. The number of carbonyl (C=O) groups excluding carboxylic acids is 1. The molecule has 1 aromatic rings. The second-order valence-corrected chi connectivity index (χ2v) is 5.20. The van der Waals surface area contributed by atoms with Gasteiger partial charge in [0.15, 0.2) is 0 Å². The molecule has 2 rings (SSSR count). The Bertz CT molecular complexity index is 391. The zero-order valence-corrected chi connectivity index (χ0v) is 10.9. The fourth-order valence-electron chi connectivity index (χ4n) is 2.36. The number of benzene rings is 1. The first-order valence-electron chi connectivity index (χ1n) is 6.80. The monoisotopic (exact) mass is 246 g/mol. The van der Waals surface area contributed by atoms with E-state index in [2.05, 4.69) is 12.2 Å². The molecule has 0 aromatic heterocycles. The van der Waals surface area contributed by atoms with Crippen molar-refractivity contribution in [1.82, 2.24) is 5.32 Å². The van der Waals surface area contributed by atoms with Crippen molar-refractivity contribution in [1.29, 1.82) is 0 Å². The first-order chi connectivity index (χ1) is 8.70. The standard InChI is InChI=1S/C15H22N2O/c1-2-6-12-10-14(12)17-15(18)13(16)9-11-7-4-3-5-8-11/h3-5,7-8,12-14H,2,6,9-10,16H2,1H3,(H,17,18)/t12?,13-,14?/m1/s1. The van der Waals surface area contributed by atoms with Gasteiger partial charge in [0.2, 0.25) is 5.91 Å². The Morgan fingerprint density at radius 3 is 2.83 bits per heavy atom. The molecule has 1 aromatic carbocycles. The van der Waals surface area contributed by atoms with Crippen LogP contribution in [0.3, 0.4) is 0 Å². The molecule has 3 N–H and O–H groups in total. The molecule has 3 heteroatoms. The molecule has 0 aliphatic heterocycles. The minimum atomic E-state index is -0.435. The van der Waals surface area contributed by atoms with E-state index in [0.29, 0.717) is 18.4 Å². The maximum Gasteiger partial charge on any atom is 0.237 e. The van der Waals surface area contributed by atoms with Crippen molar-refractivity contribution in [3.63, 3.8) is 0 Å². The van der Waals surface area contributed by atoms with E-state index in [-0.39, 0.29) is 5.91 Å². The lowest BCUT2D eigenvalue weighted by molar-refractivity contribution is -0.122. The summed E-state index contributed by atoms with van der Waals surface area (Å²) in [5, 5.41) is 3.04. The first-order valence-corrected chi connectivity index (χ1v) is 6.80. The molecule has 98 valence electrons. The zero-order valence-electron chi connectivity index (χ0n) is 10.9. The number of carbonyl (C=O) groups is 1. The summed E-state index contributed by atoms with van der Waals surface area (Å²) in [4.78, 5) is 11.9. The zero-order chi connectivity index (χ0) is 13.0. The van der Waals surface area contributed by atoms with Crippen molar-refractivity contribution in [2.45, 2.75) is 44.7 Å². The average molecular weight is 246 g/mol. The fraction of sp³-hybridized carbons (Fsp3) is 0.533. The molecule has 0 spiro atoms. The SMILES string of the molecule is CCCC1CC1NC(=O)[C@H](N)Cc1ccccc1. The second-order valence-electron chi connectivity index (χ2n) is 5.20. The Hall–Kier alpha value is -1.35. The number of hydrogen-bond donors (Lipinski definition) is 2. The first kappa shape index (κ1) is 13.1. The molecule has 1 aliphatic carbocycles. The molecular formula is C15H22N2O. The quantitative estimate of drug-likeness (QED) is 0.805. The van der Waals surface area contributed by atoms with Gasteiger partial charge in [-0.15, -0.1) is 0 Å². The molecule has 0 bridgehead atoms. The Balaban J connectivity index is 1.76. The molecule has 3 nitrogen and oxygen atoms in total. The van der Waals surface area contributed by atoms with Crippen LogP contribution in [0.15, 0.2) is 30.3 Å². The van der Waals surface area contributed by atoms with E-state index in [1.165, 1.54) is 12.8 Å². The summed E-state index contributed by atoms with van der Waals surface area (Å²) < 4.78 is 0. The lowest BCUT2D eigenvalue weighted by atomic mass is 10.1. The normalized spacial score (nSPS) is 23.4. The molecule has 2 unspecified atom stereocenters. The Labute approximate surface area is 109 Å². The van der Waals surface area contributed by atoms with Crippen LogP contribution in [0.25, 0.3) is 0 Å². The van der Waals surface area contributed by atoms with E-state index < -0.39 is 6.04 Å². The lowest BCUT2D eigenvalue weighted by Gasteiger charge is -2.12. The van der Waals surface area contributed by atoms with E-state index >= 15 is 0 Å². The Kier molecular flexibility index (Phi) is 4.37. The molecule has 3 atom stereocenters. The number of nitrogens with one attached hydrogen (secondary N) is 1. The van der Waals surface area contributed by atoms with Gasteiger partial charge in [-0.1, -0.05) is 43.7 Å². The van der Waals surface area contributed by atoms with E-state index in [9.17, 15) is 4.79 Å². The van der Waals surface area contributed by atoms with Crippen molar-refractivity contribution in [3.05, 3.63) is 35.9 Å². The maximum atomic E-state index is 11.9. The minimum Gasteiger partial charge on any atom is -0.352 e. The second kappa shape index (κ2) is 6.01. The van der Waals surface area contributed by atoms with Crippen molar-refractivity contribution in [3.8, 4) is 0 Å². The van der Waals surface area contributed by atoms with Crippen LogP contribution in [0, 0.1) is 5.92 Å². The fourth-order valence-corrected chi connectivity index (χ4v) is 2.36. The summed E-state index contributed by atoms with van der Waals surface area (Å²) in [5.74, 6) is 0.672. The van der Waals surface area contributed by atoms with Gasteiger partial charge < -0.3 is 11.1 Å². The largest absolute Gasteiger partial charge is 0.352 e. The number of nitrogens with two attached hydrogens (primary N) is 1. The summed E-state index contributed by atoms with van der Waals surface area (Å²) in [6, 6.07) is 9.86. The molecule has 1 saturated carbocycles. The highest BCUT2D eigenvalue weighted by atomic mass is 16.2. The van der Waals surface area contributed by atoms with Crippen LogP contribution in [0.2, 0.25) is 0 Å². The highest BCUT2D eigenvalue weighted by Gasteiger charge is 2.37. The predicted molar refractivity (Wildman–Crippen MR) is 73.1 cm³/mol. The van der Waals surface area contributed by atoms with Crippen LogP contribution in [0.5, 0.6) is 0 Å². The summed E-state index contributed by atoms with van der Waals surface area (Å²) in [6.45, 7) is 2.18. The van der Waals surface area contributed by atoms with Gasteiger partial charge in [-0.2, -0.15) is 0 Å². The van der Waals surface area contributed by atoms with Crippen LogP contribution < -0.4 is 11.1 Å². The molecular weight excluding hydrogens is 224 g/mol. The summed E-state index contributed by atoms with van der Waals surface area (Å²) in [7, 11) is 0. The summed E-state index contributed by atoms with van der Waals surface area (Å²) in [6.07, 6.45) is 4.13. The van der Waals surface area contributed by atoms with Crippen LogP contribution in [-0.2, 0) is 11.2 Å². The smallest absolute Gasteiger partial charge is 0.237 e. The lowest BCUT2D eigenvalue weighted by Crippen LogP contribution is -2.43. The van der Waals surface area contributed by atoms with Gasteiger partial charge in [-0.05, 0) is 30.7 Å². The number of rotatable bonds is 6. The third-order valence-electron chi connectivity index (χ3n) is 3.54. The van der Waals surface area contributed by atoms with E-state index in [4.69, 9.17) is 5.73 Å². The third kappa shape index (κ3) is 3.57. The van der Waals surface area contributed by atoms with E-state index in [0.717, 1.165) is 12.0 Å². The molecule has 0 saturated heterocycles. The van der Waals surface area contributed by atoms with Gasteiger partial charge in [0.25, 0.3) is 0 Å². The van der Waals surface area contributed by atoms with Gasteiger partial charge in [-0.3, -0.25) is 4.79 Å². The molecule has 18 heavy (non-hydrogen) atoms. The van der Waals surface area contributed by atoms with Gasteiger partial charge in [0.1, 0.15) is 0 Å². The van der Waals surface area contributed by atoms with E-state index in [1.54, 1.807) is 0 Å². The minimum absolute atomic E-state index is 0.0116. The summed E-state index contributed by atoms with van der Waals surface area (Å²) >= 11 is 0. The van der Waals surface area contributed by atoms with Crippen molar-refractivity contribution in [2.24, 2.45) is 11.7 Å². The van der Waals surface area contributed by atoms with Gasteiger partial charge in [0, 0.05) is 6.04 Å². The maximum absolute atomic E-state index is 11.9. The Morgan fingerprint density at radius 1 is 1.44 bits per heavy atom. The third-order valence-corrected chi connectivity index (χ3v) is 3.54. The average Bonchev–Trinajstić information content (AvgIpc) is 3.09. The van der Waals surface area contributed by atoms with Crippen molar-refractivity contribution in [2.75, 3.05) is 0 Å². The van der Waals surface area contributed by atoms with Crippen molar-refractivity contribution < 1.29 is 4.79 Å². The van der Waals surface area contributed by atoms with Gasteiger partial charge >= 0.3 is 0 Å². The molecule has 1 amide bonds. The molecule has 0 radical (unpaired) electrons.